The van der Waals surface area contributed by atoms with E-state index in [0.717, 1.165) is 31.6 Å². The largest absolute Gasteiger partial charge is 0.445 e. The molecule has 3 fully saturated rings. The van der Waals surface area contributed by atoms with E-state index in [2.05, 4.69) is 10.2 Å². The third-order valence-corrected chi connectivity index (χ3v) is 5.64. The maximum absolute atomic E-state index is 11.9. The van der Waals surface area contributed by atoms with Gasteiger partial charge in [0.25, 0.3) is 0 Å². The molecule has 5 nitrogen and oxygen atoms in total. The number of carbonyl (C=O) groups is 1. The fourth-order valence-electron chi connectivity index (χ4n) is 4.16. The molecule has 3 aliphatic rings. The highest BCUT2D eigenvalue weighted by atomic mass is 16.5. The van der Waals surface area contributed by atoms with Gasteiger partial charge in [0, 0.05) is 30.6 Å². The van der Waals surface area contributed by atoms with E-state index in [1.165, 1.54) is 25.9 Å². The summed E-state index contributed by atoms with van der Waals surface area (Å²) in [7, 11) is 0. The summed E-state index contributed by atoms with van der Waals surface area (Å²) in [5, 5.41) is 3.02. The molecule has 1 spiro atoms. The average molecular weight is 330 g/mol. The summed E-state index contributed by atoms with van der Waals surface area (Å²) in [6.07, 6.45) is 4.13. The van der Waals surface area contributed by atoms with Crippen molar-refractivity contribution in [1.29, 1.82) is 0 Å². The molecule has 0 atom stereocenters. The third kappa shape index (κ3) is 3.42. The van der Waals surface area contributed by atoms with E-state index in [9.17, 15) is 4.79 Å². The van der Waals surface area contributed by atoms with Gasteiger partial charge in [0.1, 0.15) is 6.61 Å². The summed E-state index contributed by atoms with van der Waals surface area (Å²) in [6.45, 7) is 4.64. The molecule has 0 bridgehead atoms. The fraction of sp³-hybridized carbons (Fsp3) is 0.632. The predicted molar refractivity (Wildman–Crippen MR) is 90.6 cm³/mol. The lowest BCUT2D eigenvalue weighted by molar-refractivity contribution is -0.200. The predicted octanol–water partition coefficient (Wildman–Crippen LogP) is 2.56. The smallest absolute Gasteiger partial charge is 0.407 e. The number of hydrogen-bond donors (Lipinski definition) is 1. The van der Waals surface area contributed by atoms with E-state index < -0.39 is 0 Å². The molecule has 5 heteroatoms. The number of carbonyl (C=O) groups excluding carboxylic acids is 1. The zero-order chi connectivity index (χ0) is 16.4. The summed E-state index contributed by atoms with van der Waals surface area (Å²) < 4.78 is 10.7. The number of alkyl carbamates (subject to hydrolysis) is 1. The molecule has 2 heterocycles. The standard InChI is InChI=1S/C19H26N2O3/c22-18(24-10-15-4-2-1-3-5-15)20-16-6-8-17(9-7-16)21-11-19(12-21)13-23-14-19/h1-5,16-17H,6-14H2,(H,20,22). The molecule has 130 valence electrons. The van der Waals surface area contributed by atoms with Gasteiger partial charge in [0.2, 0.25) is 0 Å². The maximum atomic E-state index is 11.9. The van der Waals surface area contributed by atoms with Crippen LogP contribution in [0.15, 0.2) is 30.3 Å². The van der Waals surface area contributed by atoms with Gasteiger partial charge in [-0.3, -0.25) is 4.90 Å². The molecule has 0 radical (unpaired) electrons. The van der Waals surface area contributed by atoms with Crippen LogP contribution in [-0.2, 0) is 16.1 Å². The Bertz CT molecular complexity index is 557. The minimum Gasteiger partial charge on any atom is -0.445 e. The van der Waals surface area contributed by atoms with Crippen LogP contribution >= 0.6 is 0 Å². The van der Waals surface area contributed by atoms with Crippen LogP contribution in [0.1, 0.15) is 31.2 Å². The second-order valence-corrected chi connectivity index (χ2v) is 7.61. The average Bonchev–Trinajstić information content (AvgIpc) is 2.53. The van der Waals surface area contributed by atoms with Gasteiger partial charge < -0.3 is 14.8 Å². The number of amides is 1. The topological polar surface area (TPSA) is 50.8 Å². The van der Waals surface area contributed by atoms with Crippen molar-refractivity contribution in [2.24, 2.45) is 5.41 Å². The number of benzene rings is 1. The lowest BCUT2D eigenvalue weighted by Gasteiger charge is -2.58. The fourth-order valence-corrected chi connectivity index (χ4v) is 4.16. The van der Waals surface area contributed by atoms with Crippen molar-refractivity contribution < 1.29 is 14.3 Å². The molecule has 2 saturated heterocycles. The second-order valence-electron chi connectivity index (χ2n) is 7.61. The van der Waals surface area contributed by atoms with E-state index in [0.29, 0.717) is 18.1 Å². The summed E-state index contributed by atoms with van der Waals surface area (Å²) in [4.78, 5) is 14.5. The Balaban J connectivity index is 1.15. The van der Waals surface area contributed by atoms with Crippen LogP contribution in [0.5, 0.6) is 0 Å². The van der Waals surface area contributed by atoms with Crippen molar-refractivity contribution in [3.63, 3.8) is 0 Å². The lowest BCUT2D eigenvalue weighted by atomic mass is 9.75. The SMILES string of the molecule is O=C(NC1CCC(N2CC3(COC3)C2)CC1)OCc1ccccc1. The van der Waals surface area contributed by atoms with E-state index in [1.807, 2.05) is 30.3 Å². The second kappa shape index (κ2) is 6.73. The Morgan fingerprint density at radius 2 is 1.88 bits per heavy atom. The van der Waals surface area contributed by atoms with Gasteiger partial charge in [-0.2, -0.15) is 0 Å². The quantitative estimate of drug-likeness (QED) is 0.922. The van der Waals surface area contributed by atoms with Crippen molar-refractivity contribution in [3.8, 4) is 0 Å². The summed E-state index contributed by atoms with van der Waals surface area (Å²) in [5.74, 6) is 0. The Morgan fingerprint density at radius 3 is 2.50 bits per heavy atom. The molecule has 1 aromatic rings. The van der Waals surface area contributed by atoms with Gasteiger partial charge in [-0.05, 0) is 31.2 Å². The summed E-state index contributed by atoms with van der Waals surface area (Å²) in [5.41, 5.74) is 1.51. The van der Waals surface area contributed by atoms with Gasteiger partial charge in [-0.25, -0.2) is 4.79 Å². The number of rotatable bonds is 4. The third-order valence-electron chi connectivity index (χ3n) is 5.64. The van der Waals surface area contributed by atoms with Crippen LogP contribution in [0.25, 0.3) is 0 Å². The zero-order valence-electron chi connectivity index (χ0n) is 14.1. The van der Waals surface area contributed by atoms with Crippen molar-refractivity contribution >= 4 is 6.09 Å². The molecule has 0 unspecified atom stereocenters. The van der Waals surface area contributed by atoms with Crippen LogP contribution < -0.4 is 5.32 Å². The molecule has 1 aromatic carbocycles. The molecular formula is C19H26N2O3. The first kappa shape index (κ1) is 15.9. The molecular weight excluding hydrogens is 304 g/mol. The molecule has 1 saturated carbocycles. The van der Waals surface area contributed by atoms with E-state index in [4.69, 9.17) is 9.47 Å². The van der Waals surface area contributed by atoms with Crippen molar-refractivity contribution in [3.05, 3.63) is 35.9 Å². The highest BCUT2D eigenvalue weighted by Crippen LogP contribution is 2.40. The minimum atomic E-state index is -0.295. The highest BCUT2D eigenvalue weighted by Gasteiger charge is 2.50. The number of nitrogens with one attached hydrogen (secondary N) is 1. The first-order valence-electron chi connectivity index (χ1n) is 9.02. The minimum absolute atomic E-state index is 0.256. The van der Waals surface area contributed by atoms with Crippen LogP contribution in [0.2, 0.25) is 0 Å². The number of likely N-dealkylation sites (tertiary alicyclic amines) is 1. The molecule has 24 heavy (non-hydrogen) atoms. The normalized spacial score (nSPS) is 28.7. The van der Waals surface area contributed by atoms with E-state index in [1.54, 1.807) is 0 Å². The van der Waals surface area contributed by atoms with Gasteiger partial charge in [-0.1, -0.05) is 30.3 Å². The number of nitrogens with zero attached hydrogens (tertiary/aromatic N) is 1. The van der Waals surface area contributed by atoms with Crippen LogP contribution in [0, 0.1) is 5.41 Å². The number of hydrogen-bond acceptors (Lipinski definition) is 4. The maximum Gasteiger partial charge on any atom is 0.407 e. The first-order valence-corrected chi connectivity index (χ1v) is 9.02. The van der Waals surface area contributed by atoms with E-state index in [-0.39, 0.29) is 12.1 Å². The Kier molecular flexibility index (Phi) is 4.46. The van der Waals surface area contributed by atoms with Gasteiger partial charge in [-0.15, -0.1) is 0 Å². The monoisotopic (exact) mass is 330 g/mol. The Labute approximate surface area is 143 Å². The van der Waals surface area contributed by atoms with Crippen molar-refractivity contribution in [2.75, 3.05) is 26.3 Å². The van der Waals surface area contributed by atoms with Crippen LogP contribution in [0.4, 0.5) is 4.79 Å². The summed E-state index contributed by atoms with van der Waals surface area (Å²) >= 11 is 0. The van der Waals surface area contributed by atoms with E-state index >= 15 is 0 Å². The first-order chi connectivity index (χ1) is 11.7. The lowest BCUT2D eigenvalue weighted by Crippen LogP contribution is -2.68. The zero-order valence-corrected chi connectivity index (χ0v) is 14.1. The van der Waals surface area contributed by atoms with Crippen LogP contribution in [-0.4, -0.2) is 49.4 Å². The molecule has 0 aromatic heterocycles. The molecule has 1 N–H and O–H groups in total. The summed E-state index contributed by atoms with van der Waals surface area (Å²) in [6, 6.07) is 10.7. The van der Waals surface area contributed by atoms with Gasteiger partial charge >= 0.3 is 6.09 Å². The van der Waals surface area contributed by atoms with Crippen LogP contribution in [0.3, 0.4) is 0 Å². The highest BCUT2D eigenvalue weighted by molar-refractivity contribution is 5.67. The molecule has 1 amide bonds. The van der Waals surface area contributed by atoms with Gasteiger partial charge in [0.05, 0.1) is 13.2 Å². The van der Waals surface area contributed by atoms with Crippen molar-refractivity contribution in [2.45, 2.75) is 44.4 Å². The van der Waals surface area contributed by atoms with Crippen molar-refractivity contribution in [1.82, 2.24) is 10.2 Å². The molecule has 1 aliphatic carbocycles. The Hall–Kier alpha value is -1.59. The van der Waals surface area contributed by atoms with Gasteiger partial charge in [0.15, 0.2) is 0 Å². The molecule has 2 aliphatic heterocycles. The Morgan fingerprint density at radius 1 is 1.17 bits per heavy atom. The number of ether oxygens (including phenoxy) is 2. The molecule has 4 rings (SSSR count).